The highest BCUT2D eigenvalue weighted by molar-refractivity contribution is 9.10. The lowest BCUT2D eigenvalue weighted by Crippen LogP contribution is -2.05. The van der Waals surface area contributed by atoms with Gasteiger partial charge in [0.25, 0.3) is 0 Å². The second-order valence-corrected chi connectivity index (χ2v) is 5.32. The molecule has 0 fully saturated rings. The van der Waals surface area contributed by atoms with Gasteiger partial charge in [-0.2, -0.15) is 0 Å². The van der Waals surface area contributed by atoms with Crippen LogP contribution >= 0.6 is 27.5 Å². The van der Waals surface area contributed by atoms with Crippen LogP contribution in [0.1, 0.15) is 12.0 Å². The van der Waals surface area contributed by atoms with E-state index in [9.17, 15) is 0 Å². The van der Waals surface area contributed by atoms with Gasteiger partial charge in [-0.25, -0.2) is 4.98 Å². The Kier molecular flexibility index (Phi) is 5.02. The van der Waals surface area contributed by atoms with E-state index in [1.807, 2.05) is 12.1 Å². The Morgan fingerprint density at radius 2 is 2.00 bits per heavy atom. The van der Waals surface area contributed by atoms with Gasteiger partial charge in [0.1, 0.15) is 5.82 Å². The SMILES string of the molecule is Clc1cc(Br)cnc1NCCCc1ccccc1. The Balaban J connectivity index is 1.79. The minimum absolute atomic E-state index is 0.643. The van der Waals surface area contributed by atoms with E-state index < -0.39 is 0 Å². The first-order valence-electron chi connectivity index (χ1n) is 5.84. The molecule has 0 radical (unpaired) electrons. The number of anilines is 1. The minimum atomic E-state index is 0.643. The largest absolute Gasteiger partial charge is 0.369 e. The smallest absolute Gasteiger partial charge is 0.144 e. The molecule has 0 spiro atoms. The second-order valence-electron chi connectivity index (χ2n) is 4.00. The van der Waals surface area contributed by atoms with Crippen LogP contribution < -0.4 is 5.32 Å². The fraction of sp³-hybridized carbons (Fsp3) is 0.214. The fourth-order valence-electron chi connectivity index (χ4n) is 1.69. The number of benzene rings is 1. The minimum Gasteiger partial charge on any atom is -0.369 e. The van der Waals surface area contributed by atoms with Crippen molar-refractivity contribution in [2.24, 2.45) is 0 Å². The number of aryl methyl sites for hydroxylation is 1. The van der Waals surface area contributed by atoms with Gasteiger partial charge < -0.3 is 5.32 Å². The van der Waals surface area contributed by atoms with Crippen molar-refractivity contribution in [3.63, 3.8) is 0 Å². The van der Waals surface area contributed by atoms with Crippen LogP contribution in [0.15, 0.2) is 47.1 Å². The summed E-state index contributed by atoms with van der Waals surface area (Å²) >= 11 is 9.40. The van der Waals surface area contributed by atoms with Gasteiger partial charge in [0.2, 0.25) is 0 Å². The summed E-state index contributed by atoms with van der Waals surface area (Å²) in [6.45, 7) is 0.864. The van der Waals surface area contributed by atoms with E-state index in [2.05, 4.69) is 50.5 Å². The molecule has 0 saturated carbocycles. The van der Waals surface area contributed by atoms with Crippen LogP contribution in [-0.2, 0) is 6.42 Å². The van der Waals surface area contributed by atoms with Gasteiger partial charge in [-0.3, -0.25) is 0 Å². The summed E-state index contributed by atoms with van der Waals surface area (Å²) in [6, 6.07) is 12.3. The van der Waals surface area contributed by atoms with Gasteiger partial charge in [0, 0.05) is 17.2 Å². The normalized spacial score (nSPS) is 10.3. The lowest BCUT2D eigenvalue weighted by molar-refractivity contribution is 0.859. The molecule has 4 heteroatoms. The van der Waals surface area contributed by atoms with E-state index in [-0.39, 0.29) is 0 Å². The summed E-state index contributed by atoms with van der Waals surface area (Å²) in [7, 11) is 0. The lowest BCUT2D eigenvalue weighted by Gasteiger charge is -2.07. The zero-order valence-electron chi connectivity index (χ0n) is 9.87. The molecule has 1 aromatic heterocycles. The molecule has 1 aromatic carbocycles. The molecular weight excluding hydrogens is 312 g/mol. The van der Waals surface area contributed by atoms with Crippen LogP contribution in [0.2, 0.25) is 5.02 Å². The Hall–Kier alpha value is -1.06. The van der Waals surface area contributed by atoms with E-state index >= 15 is 0 Å². The third-order valence-corrected chi connectivity index (χ3v) is 3.31. The summed E-state index contributed by atoms with van der Waals surface area (Å²) in [5.74, 6) is 0.743. The van der Waals surface area contributed by atoms with Crippen molar-refractivity contribution in [1.29, 1.82) is 0 Å². The maximum Gasteiger partial charge on any atom is 0.144 e. The molecule has 2 rings (SSSR count). The molecule has 18 heavy (non-hydrogen) atoms. The maximum absolute atomic E-state index is 6.07. The van der Waals surface area contributed by atoms with Crippen molar-refractivity contribution >= 4 is 33.3 Å². The molecule has 0 atom stereocenters. The molecule has 0 aliphatic carbocycles. The van der Waals surface area contributed by atoms with E-state index in [1.165, 1.54) is 5.56 Å². The number of hydrogen-bond donors (Lipinski definition) is 1. The number of hydrogen-bond acceptors (Lipinski definition) is 2. The molecule has 0 bridgehead atoms. The summed E-state index contributed by atoms with van der Waals surface area (Å²) in [5.41, 5.74) is 1.36. The molecule has 1 heterocycles. The van der Waals surface area contributed by atoms with Gasteiger partial charge in [-0.05, 0) is 40.4 Å². The first-order chi connectivity index (χ1) is 8.75. The number of pyridine rings is 1. The monoisotopic (exact) mass is 324 g/mol. The van der Waals surface area contributed by atoms with Crippen LogP contribution in [0.25, 0.3) is 0 Å². The molecule has 0 saturated heterocycles. The zero-order chi connectivity index (χ0) is 12.8. The van der Waals surface area contributed by atoms with Gasteiger partial charge in [-0.15, -0.1) is 0 Å². The molecule has 0 aliphatic heterocycles. The highest BCUT2D eigenvalue weighted by Crippen LogP contribution is 2.22. The molecule has 0 unspecified atom stereocenters. The van der Waals surface area contributed by atoms with E-state index in [0.29, 0.717) is 5.02 Å². The third kappa shape index (κ3) is 4.00. The summed E-state index contributed by atoms with van der Waals surface area (Å²) < 4.78 is 0.891. The summed E-state index contributed by atoms with van der Waals surface area (Å²) in [5, 5.41) is 3.89. The molecule has 1 N–H and O–H groups in total. The van der Waals surface area contributed by atoms with Crippen LogP contribution in [0.5, 0.6) is 0 Å². The topological polar surface area (TPSA) is 24.9 Å². The molecule has 0 aliphatic rings. The van der Waals surface area contributed by atoms with Gasteiger partial charge in [0.05, 0.1) is 5.02 Å². The predicted molar refractivity (Wildman–Crippen MR) is 80.2 cm³/mol. The fourth-order valence-corrected chi connectivity index (χ4v) is 2.38. The standard InChI is InChI=1S/C14H14BrClN2/c15-12-9-13(16)14(18-10-12)17-8-4-7-11-5-2-1-3-6-11/h1-3,5-6,9-10H,4,7-8H2,(H,17,18). The number of rotatable bonds is 5. The van der Waals surface area contributed by atoms with Crippen LogP contribution in [0.3, 0.4) is 0 Å². The summed E-state index contributed by atoms with van der Waals surface area (Å²) in [4.78, 5) is 4.23. The first kappa shape index (κ1) is 13.4. The Morgan fingerprint density at radius 1 is 1.22 bits per heavy atom. The number of halogens is 2. The molecule has 2 nitrogen and oxygen atoms in total. The van der Waals surface area contributed by atoms with Gasteiger partial charge >= 0.3 is 0 Å². The highest BCUT2D eigenvalue weighted by Gasteiger charge is 2.01. The average molecular weight is 326 g/mol. The van der Waals surface area contributed by atoms with Crippen molar-refractivity contribution in [3.05, 3.63) is 57.7 Å². The van der Waals surface area contributed by atoms with Gasteiger partial charge in [-0.1, -0.05) is 41.9 Å². The average Bonchev–Trinajstić information content (AvgIpc) is 2.38. The van der Waals surface area contributed by atoms with Crippen molar-refractivity contribution in [3.8, 4) is 0 Å². The van der Waals surface area contributed by atoms with Crippen molar-refractivity contribution in [2.45, 2.75) is 12.8 Å². The van der Waals surface area contributed by atoms with Gasteiger partial charge in [0.15, 0.2) is 0 Å². The van der Waals surface area contributed by atoms with Crippen LogP contribution in [0, 0.1) is 0 Å². The molecule has 2 aromatic rings. The number of nitrogens with zero attached hydrogens (tertiary/aromatic N) is 1. The maximum atomic E-state index is 6.07. The third-order valence-electron chi connectivity index (χ3n) is 2.59. The zero-order valence-corrected chi connectivity index (χ0v) is 12.2. The van der Waals surface area contributed by atoms with Crippen LogP contribution in [0.4, 0.5) is 5.82 Å². The first-order valence-corrected chi connectivity index (χ1v) is 7.01. The molecule has 0 amide bonds. The Morgan fingerprint density at radius 3 is 2.72 bits per heavy atom. The van der Waals surface area contributed by atoms with E-state index in [1.54, 1.807) is 6.20 Å². The Bertz CT molecular complexity index is 502. The predicted octanol–water partition coefficient (Wildman–Crippen LogP) is 4.54. The Labute approximate surface area is 121 Å². The van der Waals surface area contributed by atoms with Crippen molar-refractivity contribution < 1.29 is 0 Å². The highest BCUT2D eigenvalue weighted by atomic mass is 79.9. The van der Waals surface area contributed by atoms with E-state index in [4.69, 9.17) is 11.6 Å². The van der Waals surface area contributed by atoms with Crippen molar-refractivity contribution in [1.82, 2.24) is 4.98 Å². The lowest BCUT2D eigenvalue weighted by atomic mass is 10.1. The van der Waals surface area contributed by atoms with Crippen LogP contribution in [-0.4, -0.2) is 11.5 Å². The second kappa shape index (κ2) is 6.76. The number of aromatic nitrogens is 1. The summed E-state index contributed by atoms with van der Waals surface area (Å²) in [6.07, 6.45) is 3.85. The quantitative estimate of drug-likeness (QED) is 0.816. The molecule has 94 valence electrons. The van der Waals surface area contributed by atoms with Crippen molar-refractivity contribution in [2.75, 3.05) is 11.9 Å². The number of nitrogens with one attached hydrogen (secondary N) is 1. The molecular formula is C14H14BrClN2. The van der Waals surface area contributed by atoms with E-state index in [0.717, 1.165) is 29.7 Å².